The number of amides is 1. The molecule has 1 atom stereocenters. The molecule has 0 heterocycles. The number of thioether (sulfide) groups is 1. The van der Waals surface area contributed by atoms with E-state index in [9.17, 15) is 14.7 Å². The first-order valence-corrected chi connectivity index (χ1v) is 8.29. The largest absolute Gasteiger partial charge is 0.480 e. The summed E-state index contributed by atoms with van der Waals surface area (Å²) in [5.74, 6) is -0.659. The predicted molar refractivity (Wildman–Crippen MR) is 84.6 cm³/mol. The van der Waals surface area contributed by atoms with Crippen LogP contribution in [0.15, 0.2) is 29.2 Å². The van der Waals surface area contributed by atoms with Crippen LogP contribution in [0.25, 0.3) is 0 Å². The molecule has 2 N–H and O–H groups in total. The van der Waals surface area contributed by atoms with E-state index in [1.165, 1.54) is 11.8 Å². The summed E-state index contributed by atoms with van der Waals surface area (Å²) < 4.78 is 0. The van der Waals surface area contributed by atoms with E-state index in [-0.39, 0.29) is 11.8 Å². The molecule has 1 aromatic carbocycles. The first-order chi connectivity index (χ1) is 10.1. The Morgan fingerprint density at radius 3 is 2.62 bits per heavy atom. The fraction of sp³-hybridized carbons (Fsp3) is 0.500. The van der Waals surface area contributed by atoms with Gasteiger partial charge < -0.3 is 10.4 Å². The molecule has 0 aromatic heterocycles. The number of carboxylic acids is 1. The van der Waals surface area contributed by atoms with Gasteiger partial charge in [0, 0.05) is 10.8 Å². The zero-order valence-electron chi connectivity index (χ0n) is 12.2. The number of benzene rings is 1. The average molecular weight is 307 g/mol. The minimum Gasteiger partial charge on any atom is -0.480 e. The average Bonchev–Trinajstić information content (AvgIpc) is 3.00. The lowest BCUT2D eigenvalue weighted by atomic mass is 10.1. The maximum Gasteiger partial charge on any atom is 0.316 e. The minimum absolute atomic E-state index is 0.0592. The molecule has 1 aromatic rings. The Bertz CT molecular complexity index is 512. The quantitative estimate of drug-likeness (QED) is 0.785. The van der Waals surface area contributed by atoms with Crippen molar-refractivity contribution in [2.75, 3.05) is 5.32 Å². The van der Waals surface area contributed by atoms with Crippen molar-refractivity contribution in [1.82, 2.24) is 0 Å². The van der Waals surface area contributed by atoms with Crippen molar-refractivity contribution < 1.29 is 14.7 Å². The van der Waals surface area contributed by atoms with Crippen LogP contribution in [-0.2, 0) is 9.59 Å². The van der Waals surface area contributed by atoms with E-state index in [1.54, 1.807) is 0 Å². The lowest BCUT2D eigenvalue weighted by molar-refractivity contribution is -0.136. The van der Waals surface area contributed by atoms with Crippen molar-refractivity contribution in [2.45, 2.75) is 49.2 Å². The van der Waals surface area contributed by atoms with Crippen molar-refractivity contribution >= 4 is 29.3 Å². The van der Waals surface area contributed by atoms with Gasteiger partial charge in [0.15, 0.2) is 0 Å². The molecule has 0 bridgehead atoms. The van der Waals surface area contributed by atoms with Crippen molar-refractivity contribution in [3.8, 4) is 0 Å². The Kier molecular flexibility index (Phi) is 5.67. The van der Waals surface area contributed by atoms with Gasteiger partial charge in [0.2, 0.25) is 5.91 Å². The number of anilines is 1. The number of carbonyl (C=O) groups excluding carboxylic acids is 1. The Balaban J connectivity index is 2.09. The smallest absolute Gasteiger partial charge is 0.316 e. The summed E-state index contributed by atoms with van der Waals surface area (Å²) in [5.41, 5.74) is 0.721. The third kappa shape index (κ3) is 4.24. The van der Waals surface area contributed by atoms with Gasteiger partial charge in [0.05, 0.1) is 5.69 Å². The van der Waals surface area contributed by atoms with Gasteiger partial charge in [-0.2, -0.15) is 0 Å². The molecule has 0 aliphatic heterocycles. The zero-order chi connectivity index (χ0) is 15.2. The second-order valence-electron chi connectivity index (χ2n) is 5.32. The lowest BCUT2D eigenvalue weighted by Gasteiger charge is -2.16. The second kappa shape index (κ2) is 7.50. The number of hydrogen-bond donors (Lipinski definition) is 2. The molecule has 4 nitrogen and oxygen atoms in total. The summed E-state index contributed by atoms with van der Waals surface area (Å²) in [6.45, 7) is 1.85. The van der Waals surface area contributed by atoms with Gasteiger partial charge in [-0.3, -0.25) is 9.59 Å². The number of nitrogens with one attached hydrogen (secondary N) is 1. The summed E-state index contributed by atoms with van der Waals surface area (Å²) >= 11 is 1.29. The standard InChI is InChI=1S/C16H21NO3S/c1-2-13(16(19)20)21-14-10-6-5-9-12(14)17-15(18)11-7-3-4-8-11/h5-6,9-11,13H,2-4,7-8H2,1H3,(H,17,18)(H,19,20)/t13-/m1/s1. The van der Waals surface area contributed by atoms with Crippen LogP contribution < -0.4 is 5.32 Å². The fourth-order valence-electron chi connectivity index (χ4n) is 2.56. The fourth-order valence-corrected chi connectivity index (χ4v) is 3.53. The maximum atomic E-state index is 12.2. The Morgan fingerprint density at radius 1 is 1.33 bits per heavy atom. The van der Waals surface area contributed by atoms with Crippen molar-refractivity contribution in [2.24, 2.45) is 5.92 Å². The molecule has 1 amide bonds. The number of carbonyl (C=O) groups is 2. The minimum atomic E-state index is -0.820. The van der Waals surface area contributed by atoms with Crippen molar-refractivity contribution in [3.63, 3.8) is 0 Å². The molecule has 21 heavy (non-hydrogen) atoms. The monoisotopic (exact) mass is 307 g/mol. The van der Waals surface area contributed by atoms with Gasteiger partial charge in [-0.25, -0.2) is 0 Å². The van der Waals surface area contributed by atoms with Gasteiger partial charge in [-0.1, -0.05) is 31.9 Å². The van der Waals surface area contributed by atoms with E-state index < -0.39 is 11.2 Å². The van der Waals surface area contributed by atoms with E-state index in [0.717, 1.165) is 36.3 Å². The first kappa shape index (κ1) is 15.9. The van der Waals surface area contributed by atoms with Gasteiger partial charge >= 0.3 is 5.97 Å². The molecule has 114 valence electrons. The van der Waals surface area contributed by atoms with E-state index in [0.29, 0.717) is 6.42 Å². The topological polar surface area (TPSA) is 66.4 Å². The third-order valence-corrected chi connectivity index (χ3v) is 5.22. The molecule has 1 aliphatic rings. The van der Waals surface area contributed by atoms with Gasteiger partial charge in [-0.15, -0.1) is 11.8 Å². The molecule has 1 fully saturated rings. The van der Waals surface area contributed by atoms with Crippen LogP contribution in [0.4, 0.5) is 5.69 Å². The third-order valence-electron chi connectivity index (χ3n) is 3.79. The highest BCUT2D eigenvalue weighted by Gasteiger charge is 2.24. The van der Waals surface area contributed by atoms with Crippen molar-refractivity contribution in [1.29, 1.82) is 0 Å². The van der Waals surface area contributed by atoms with Gasteiger partial charge in [-0.05, 0) is 31.4 Å². The number of rotatable bonds is 6. The van der Waals surface area contributed by atoms with Crippen LogP contribution in [-0.4, -0.2) is 22.2 Å². The normalized spacial score (nSPS) is 16.6. The SMILES string of the molecule is CC[C@@H](Sc1ccccc1NC(=O)C1CCCC1)C(=O)O. The lowest BCUT2D eigenvalue weighted by Crippen LogP contribution is -2.21. The van der Waals surface area contributed by atoms with Crippen LogP contribution in [0.5, 0.6) is 0 Å². The molecule has 1 aliphatic carbocycles. The van der Waals surface area contributed by atoms with E-state index >= 15 is 0 Å². The van der Waals surface area contributed by atoms with Crippen LogP contribution >= 0.6 is 11.8 Å². The molecule has 2 rings (SSSR count). The highest BCUT2D eigenvalue weighted by atomic mass is 32.2. The number of aliphatic carboxylic acids is 1. The van der Waals surface area contributed by atoms with Gasteiger partial charge in [0.25, 0.3) is 0 Å². The second-order valence-corrected chi connectivity index (χ2v) is 6.56. The van der Waals surface area contributed by atoms with Crippen LogP contribution in [0, 0.1) is 5.92 Å². The van der Waals surface area contributed by atoms with Crippen LogP contribution in [0.2, 0.25) is 0 Å². The number of para-hydroxylation sites is 1. The first-order valence-electron chi connectivity index (χ1n) is 7.41. The van der Waals surface area contributed by atoms with Crippen LogP contribution in [0.3, 0.4) is 0 Å². The van der Waals surface area contributed by atoms with Crippen LogP contribution in [0.1, 0.15) is 39.0 Å². The summed E-state index contributed by atoms with van der Waals surface area (Å²) in [6.07, 6.45) is 4.68. The summed E-state index contributed by atoms with van der Waals surface area (Å²) in [7, 11) is 0. The predicted octanol–water partition coefficient (Wildman–Crippen LogP) is 3.77. The highest BCUT2D eigenvalue weighted by Crippen LogP contribution is 2.33. The molecule has 0 unspecified atom stereocenters. The van der Waals surface area contributed by atoms with E-state index in [4.69, 9.17) is 0 Å². The summed E-state index contributed by atoms with van der Waals surface area (Å²) in [4.78, 5) is 24.2. The number of carboxylic acid groups (broad SMARTS) is 1. The molecular weight excluding hydrogens is 286 g/mol. The van der Waals surface area contributed by atoms with Gasteiger partial charge in [0.1, 0.15) is 5.25 Å². The molecule has 1 saturated carbocycles. The Morgan fingerprint density at radius 2 is 2.00 bits per heavy atom. The Hall–Kier alpha value is -1.49. The molecule has 0 radical (unpaired) electrons. The van der Waals surface area contributed by atoms with E-state index in [2.05, 4.69) is 5.32 Å². The highest BCUT2D eigenvalue weighted by molar-refractivity contribution is 8.00. The van der Waals surface area contributed by atoms with Crippen molar-refractivity contribution in [3.05, 3.63) is 24.3 Å². The molecule has 0 saturated heterocycles. The molecular formula is C16H21NO3S. The number of hydrogen-bond acceptors (Lipinski definition) is 3. The molecule has 0 spiro atoms. The summed E-state index contributed by atoms with van der Waals surface area (Å²) in [6, 6.07) is 7.42. The maximum absolute atomic E-state index is 12.2. The van der Waals surface area contributed by atoms with E-state index in [1.807, 2.05) is 31.2 Å². The zero-order valence-corrected chi connectivity index (χ0v) is 13.0. The summed E-state index contributed by atoms with van der Waals surface area (Å²) in [5, 5.41) is 11.6. The Labute approximate surface area is 129 Å². The molecule has 5 heteroatoms.